The zero-order chi connectivity index (χ0) is 18.6. The lowest BCUT2D eigenvalue weighted by molar-refractivity contribution is -0.117. The number of hydrogen-bond acceptors (Lipinski definition) is 3. The van der Waals surface area contributed by atoms with Gasteiger partial charge in [-0.3, -0.25) is 4.79 Å². The molecule has 6 heteroatoms. The summed E-state index contributed by atoms with van der Waals surface area (Å²) in [6.45, 7) is 0.902. The highest BCUT2D eigenvalue weighted by molar-refractivity contribution is 5.97. The van der Waals surface area contributed by atoms with Crippen LogP contribution < -0.4 is 15.5 Å². The molecule has 0 spiro atoms. The van der Waals surface area contributed by atoms with E-state index in [-0.39, 0.29) is 19.0 Å². The Morgan fingerprint density at radius 2 is 1.85 bits per heavy atom. The SMILES string of the molecule is O=C(NCC(=O)N1CCCc2ccccc21)NCc1cc2ccccc2o1. The Morgan fingerprint density at radius 3 is 2.74 bits per heavy atom. The Morgan fingerprint density at radius 1 is 1.04 bits per heavy atom. The molecule has 3 aromatic rings. The van der Waals surface area contributed by atoms with Crippen molar-refractivity contribution in [2.45, 2.75) is 19.4 Å². The molecule has 0 bridgehead atoms. The molecule has 2 N–H and O–H groups in total. The maximum Gasteiger partial charge on any atom is 0.315 e. The second-order valence-electron chi connectivity index (χ2n) is 6.56. The quantitative estimate of drug-likeness (QED) is 0.747. The van der Waals surface area contributed by atoms with Gasteiger partial charge in [-0.2, -0.15) is 0 Å². The largest absolute Gasteiger partial charge is 0.459 e. The minimum atomic E-state index is -0.394. The molecule has 0 radical (unpaired) electrons. The summed E-state index contributed by atoms with van der Waals surface area (Å²) in [6.07, 6.45) is 1.91. The molecular formula is C21H21N3O3. The molecule has 0 unspecified atom stereocenters. The van der Waals surface area contributed by atoms with Crippen LogP contribution in [0.3, 0.4) is 0 Å². The van der Waals surface area contributed by atoms with Gasteiger partial charge in [0, 0.05) is 17.6 Å². The summed E-state index contributed by atoms with van der Waals surface area (Å²) < 4.78 is 5.66. The van der Waals surface area contributed by atoms with Crippen LogP contribution in [0.1, 0.15) is 17.7 Å². The summed E-state index contributed by atoms with van der Waals surface area (Å²) >= 11 is 0. The molecule has 1 aliphatic rings. The lowest BCUT2D eigenvalue weighted by Crippen LogP contribution is -2.45. The molecule has 1 aromatic heterocycles. The van der Waals surface area contributed by atoms with Gasteiger partial charge < -0.3 is 20.0 Å². The smallest absolute Gasteiger partial charge is 0.315 e. The molecule has 2 aromatic carbocycles. The van der Waals surface area contributed by atoms with E-state index in [4.69, 9.17) is 4.42 Å². The predicted octanol–water partition coefficient (Wildman–Crippen LogP) is 3.21. The van der Waals surface area contributed by atoms with Crippen LogP contribution >= 0.6 is 0 Å². The summed E-state index contributed by atoms with van der Waals surface area (Å²) in [5, 5.41) is 6.35. The van der Waals surface area contributed by atoms with Crippen molar-refractivity contribution in [3.8, 4) is 0 Å². The molecule has 138 valence electrons. The van der Waals surface area contributed by atoms with Gasteiger partial charge in [-0.1, -0.05) is 36.4 Å². The third-order valence-electron chi connectivity index (χ3n) is 4.71. The van der Waals surface area contributed by atoms with Crippen LogP contribution in [-0.4, -0.2) is 25.0 Å². The van der Waals surface area contributed by atoms with Gasteiger partial charge in [0.15, 0.2) is 0 Å². The van der Waals surface area contributed by atoms with E-state index >= 15 is 0 Å². The number of fused-ring (bicyclic) bond motifs is 2. The predicted molar refractivity (Wildman–Crippen MR) is 104 cm³/mol. The molecule has 0 saturated carbocycles. The van der Waals surface area contributed by atoms with Gasteiger partial charge in [-0.25, -0.2) is 4.79 Å². The van der Waals surface area contributed by atoms with Crippen LogP contribution in [0.15, 0.2) is 59.0 Å². The number of anilines is 1. The number of aryl methyl sites for hydroxylation is 1. The van der Waals surface area contributed by atoms with Crippen molar-refractivity contribution in [1.82, 2.24) is 10.6 Å². The number of benzene rings is 2. The first-order valence-corrected chi connectivity index (χ1v) is 9.08. The first-order valence-electron chi connectivity index (χ1n) is 9.08. The van der Waals surface area contributed by atoms with Crippen LogP contribution in [0, 0.1) is 0 Å². The lowest BCUT2D eigenvalue weighted by atomic mass is 10.0. The Hall–Kier alpha value is -3.28. The van der Waals surface area contributed by atoms with Crippen molar-refractivity contribution in [2.24, 2.45) is 0 Å². The monoisotopic (exact) mass is 363 g/mol. The van der Waals surface area contributed by atoms with E-state index in [9.17, 15) is 9.59 Å². The summed E-state index contributed by atoms with van der Waals surface area (Å²) in [5.41, 5.74) is 2.90. The minimum Gasteiger partial charge on any atom is -0.459 e. The Bertz CT molecular complexity index is 946. The van der Waals surface area contributed by atoms with Crippen molar-refractivity contribution >= 4 is 28.6 Å². The molecular weight excluding hydrogens is 342 g/mol. The fourth-order valence-electron chi connectivity index (χ4n) is 3.40. The number of carbonyl (C=O) groups excluding carboxylic acids is 2. The summed E-state index contributed by atoms with van der Waals surface area (Å²) in [7, 11) is 0. The molecule has 2 heterocycles. The van der Waals surface area contributed by atoms with Crippen molar-refractivity contribution < 1.29 is 14.0 Å². The molecule has 0 saturated heterocycles. The zero-order valence-electron chi connectivity index (χ0n) is 14.9. The third-order valence-corrected chi connectivity index (χ3v) is 4.71. The first-order chi connectivity index (χ1) is 13.2. The van der Waals surface area contributed by atoms with Crippen LogP contribution in [0.4, 0.5) is 10.5 Å². The number of hydrogen-bond donors (Lipinski definition) is 2. The number of urea groups is 1. The van der Waals surface area contributed by atoms with E-state index in [1.165, 1.54) is 5.56 Å². The second kappa shape index (κ2) is 7.53. The van der Waals surface area contributed by atoms with Crippen molar-refractivity contribution in [3.63, 3.8) is 0 Å². The van der Waals surface area contributed by atoms with Crippen molar-refractivity contribution in [1.29, 1.82) is 0 Å². The maximum atomic E-state index is 12.5. The number of nitrogens with one attached hydrogen (secondary N) is 2. The number of amides is 3. The fourth-order valence-corrected chi connectivity index (χ4v) is 3.40. The average Bonchev–Trinajstić information content (AvgIpc) is 3.13. The molecule has 1 aliphatic heterocycles. The fraction of sp³-hybridized carbons (Fsp3) is 0.238. The van der Waals surface area contributed by atoms with Gasteiger partial charge in [0.2, 0.25) is 5.91 Å². The maximum absolute atomic E-state index is 12.5. The summed E-state index contributed by atoms with van der Waals surface area (Å²) in [4.78, 5) is 26.3. The topological polar surface area (TPSA) is 74.6 Å². The van der Waals surface area contributed by atoms with Crippen molar-refractivity contribution in [2.75, 3.05) is 18.0 Å². The highest BCUT2D eigenvalue weighted by Gasteiger charge is 2.22. The van der Waals surface area contributed by atoms with E-state index in [1.807, 2.05) is 54.6 Å². The van der Waals surface area contributed by atoms with Gasteiger partial charge in [0.05, 0.1) is 13.1 Å². The molecule has 0 aliphatic carbocycles. The number of nitrogens with zero attached hydrogens (tertiary/aromatic N) is 1. The number of carbonyl (C=O) groups is 2. The molecule has 27 heavy (non-hydrogen) atoms. The van der Waals surface area contributed by atoms with E-state index in [1.54, 1.807) is 4.90 Å². The molecule has 3 amide bonds. The Kier molecular flexibility index (Phi) is 4.78. The molecule has 0 atom stereocenters. The van der Waals surface area contributed by atoms with E-state index in [2.05, 4.69) is 10.6 Å². The van der Waals surface area contributed by atoms with Gasteiger partial charge in [0.25, 0.3) is 0 Å². The second-order valence-corrected chi connectivity index (χ2v) is 6.56. The number of furan rings is 1. The minimum absolute atomic E-state index is 0.0414. The van der Waals surface area contributed by atoms with E-state index in [0.29, 0.717) is 12.3 Å². The molecule has 0 fully saturated rings. The van der Waals surface area contributed by atoms with E-state index < -0.39 is 6.03 Å². The average molecular weight is 363 g/mol. The van der Waals surface area contributed by atoms with Crippen LogP contribution in [-0.2, 0) is 17.8 Å². The highest BCUT2D eigenvalue weighted by atomic mass is 16.3. The number of para-hydroxylation sites is 2. The van der Waals surface area contributed by atoms with Crippen molar-refractivity contribution in [3.05, 3.63) is 65.9 Å². The Balaban J connectivity index is 1.30. The summed E-state index contributed by atoms with van der Waals surface area (Å²) in [6, 6.07) is 17.1. The molecule has 6 nitrogen and oxygen atoms in total. The van der Waals surface area contributed by atoms with Gasteiger partial charge >= 0.3 is 6.03 Å². The van der Waals surface area contributed by atoms with Crippen LogP contribution in [0.2, 0.25) is 0 Å². The standard InChI is InChI=1S/C21H21N3O3/c25-20(24-11-5-8-15-6-1-3-9-18(15)24)14-23-21(26)22-13-17-12-16-7-2-4-10-19(16)27-17/h1-4,6-7,9-10,12H,5,8,11,13-14H2,(H2,22,23,26). The van der Waals surface area contributed by atoms with E-state index in [0.717, 1.165) is 29.5 Å². The van der Waals surface area contributed by atoms with Gasteiger partial charge in [-0.05, 0) is 36.6 Å². The molecule has 4 rings (SSSR count). The normalized spacial score (nSPS) is 13.3. The van der Waals surface area contributed by atoms with Gasteiger partial charge in [-0.15, -0.1) is 0 Å². The zero-order valence-corrected chi connectivity index (χ0v) is 14.9. The first kappa shape index (κ1) is 17.1. The Labute approximate surface area is 157 Å². The summed E-state index contributed by atoms with van der Waals surface area (Å²) in [5.74, 6) is 0.559. The number of rotatable bonds is 4. The highest BCUT2D eigenvalue weighted by Crippen LogP contribution is 2.26. The third kappa shape index (κ3) is 3.79. The lowest BCUT2D eigenvalue weighted by Gasteiger charge is -2.29. The van der Waals surface area contributed by atoms with Crippen LogP contribution in [0.5, 0.6) is 0 Å². The van der Waals surface area contributed by atoms with Crippen LogP contribution in [0.25, 0.3) is 11.0 Å². The van der Waals surface area contributed by atoms with Gasteiger partial charge in [0.1, 0.15) is 11.3 Å².